The largest absolute Gasteiger partial charge is 0.471 e. The van der Waals surface area contributed by atoms with Gasteiger partial charge in [-0.05, 0) is 30.2 Å². The molecule has 1 N–H and O–H groups in total. The summed E-state index contributed by atoms with van der Waals surface area (Å²) in [5, 5.41) is 2.82. The second-order valence-electron chi connectivity index (χ2n) is 4.23. The third-order valence-electron chi connectivity index (χ3n) is 2.64. The highest BCUT2D eigenvalue weighted by molar-refractivity contribution is 5.97. The molecule has 116 valence electrons. The maximum absolute atomic E-state index is 13.0. The van der Waals surface area contributed by atoms with E-state index in [2.05, 4.69) is 23.6 Å². The number of nitrogens with one attached hydrogen (secondary N) is 1. The van der Waals surface area contributed by atoms with Crippen LogP contribution in [0.2, 0.25) is 0 Å². The quantitative estimate of drug-likeness (QED) is 0.621. The molecule has 5 heteroatoms. The van der Waals surface area contributed by atoms with Crippen molar-refractivity contribution in [2.75, 3.05) is 13.7 Å². The van der Waals surface area contributed by atoms with E-state index in [-0.39, 0.29) is 11.7 Å². The lowest BCUT2D eigenvalue weighted by molar-refractivity contribution is -0.126. The van der Waals surface area contributed by atoms with E-state index >= 15 is 0 Å². The first-order valence-corrected chi connectivity index (χ1v) is 6.77. The number of carbonyl (C=O) groups is 2. The zero-order chi connectivity index (χ0) is 16.1. The van der Waals surface area contributed by atoms with Gasteiger partial charge in [0.2, 0.25) is 0 Å². The number of halogens is 1. The fourth-order valence-corrected chi connectivity index (χ4v) is 1.58. The molecule has 4 nitrogen and oxygen atoms in total. The summed E-state index contributed by atoms with van der Waals surface area (Å²) in [6, 6.07) is 4.09. The number of amides is 1. The number of hydrogen-bond acceptors (Lipinski definition) is 3. The highest BCUT2D eigenvalue weighted by Crippen LogP contribution is 2.12. The minimum atomic E-state index is -0.359. The van der Waals surface area contributed by atoms with Gasteiger partial charge >= 0.3 is 0 Å². The SMILES string of the molecule is C=Cc1cc(F)ccc1C(=O)NCCCCC.COC=O. The van der Waals surface area contributed by atoms with Crippen LogP contribution in [0.25, 0.3) is 6.08 Å². The third kappa shape index (κ3) is 7.87. The van der Waals surface area contributed by atoms with E-state index in [1.807, 2.05) is 0 Å². The van der Waals surface area contributed by atoms with Crippen LogP contribution in [0.5, 0.6) is 0 Å². The summed E-state index contributed by atoms with van der Waals surface area (Å²) in [5.41, 5.74) is 0.996. The van der Waals surface area contributed by atoms with Crippen molar-refractivity contribution >= 4 is 18.5 Å². The molecule has 1 rings (SSSR count). The number of methoxy groups -OCH3 is 1. The molecule has 1 aromatic carbocycles. The molecule has 0 saturated heterocycles. The van der Waals surface area contributed by atoms with E-state index in [1.165, 1.54) is 31.4 Å². The molecule has 0 spiro atoms. The zero-order valence-electron chi connectivity index (χ0n) is 12.5. The predicted octanol–water partition coefficient (Wildman–Crippen LogP) is 3.18. The Labute approximate surface area is 125 Å². The van der Waals surface area contributed by atoms with Crippen molar-refractivity contribution in [1.82, 2.24) is 5.32 Å². The molecule has 21 heavy (non-hydrogen) atoms. The molecule has 0 aliphatic heterocycles. The second kappa shape index (κ2) is 11.6. The van der Waals surface area contributed by atoms with Gasteiger partial charge in [-0.1, -0.05) is 32.4 Å². The monoisotopic (exact) mass is 295 g/mol. The predicted molar refractivity (Wildman–Crippen MR) is 81.4 cm³/mol. The first kappa shape index (κ1) is 18.8. The molecule has 0 unspecified atom stereocenters. The van der Waals surface area contributed by atoms with Crippen LogP contribution in [0.4, 0.5) is 4.39 Å². The summed E-state index contributed by atoms with van der Waals surface area (Å²) in [6.07, 6.45) is 4.67. The molecule has 0 saturated carbocycles. The highest BCUT2D eigenvalue weighted by atomic mass is 19.1. The van der Waals surface area contributed by atoms with Crippen LogP contribution >= 0.6 is 0 Å². The van der Waals surface area contributed by atoms with Crippen molar-refractivity contribution in [3.63, 3.8) is 0 Å². The van der Waals surface area contributed by atoms with Crippen LogP contribution in [0, 0.1) is 5.82 Å². The Hall–Kier alpha value is -2.17. The number of benzene rings is 1. The number of carbonyl (C=O) groups excluding carboxylic acids is 2. The molecule has 0 heterocycles. The standard InChI is InChI=1S/C14H18FNO.C2H4O2/c1-3-5-6-9-16-14(17)13-8-7-12(15)10-11(13)4-2;1-4-2-3/h4,7-8,10H,2-3,5-6,9H2,1H3,(H,16,17);2H,1H3. The molecule has 1 amide bonds. The average Bonchev–Trinajstić information content (AvgIpc) is 2.51. The Morgan fingerprint density at radius 1 is 1.43 bits per heavy atom. The second-order valence-corrected chi connectivity index (χ2v) is 4.23. The van der Waals surface area contributed by atoms with Gasteiger partial charge in [0, 0.05) is 12.1 Å². The van der Waals surface area contributed by atoms with Crippen molar-refractivity contribution < 1.29 is 18.7 Å². The Balaban J connectivity index is 0.000000885. The first-order valence-electron chi connectivity index (χ1n) is 6.77. The summed E-state index contributed by atoms with van der Waals surface area (Å²) >= 11 is 0. The minimum absolute atomic E-state index is 0.170. The molecule has 0 aliphatic carbocycles. The van der Waals surface area contributed by atoms with Crippen LogP contribution in [-0.4, -0.2) is 26.0 Å². The van der Waals surface area contributed by atoms with E-state index in [4.69, 9.17) is 4.79 Å². The molecule has 0 aliphatic rings. The van der Waals surface area contributed by atoms with Gasteiger partial charge in [-0.2, -0.15) is 0 Å². The van der Waals surface area contributed by atoms with Crippen molar-refractivity contribution in [2.24, 2.45) is 0 Å². The molecule has 0 aromatic heterocycles. The smallest absolute Gasteiger partial charge is 0.292 e. The van der Waals surface area contributed by atoms with Crippen LogP contribution in [0.3, 0.4) is 0 Å². The highest BCUT2D eigenvalue weighted by Gasteiger charge is 2.09. The number of unbranched alkanes of at least 4 members (excludes halogenated alkanes) is 2. The first-order chi connectivity index (χ1) is 10.1. The van der Waals surface area contributed by atoms with Gasteiger partial charge in [0.1, 0.15) is 5.82 Å². The lowest BCUT2D eigenvalue weighted by Crippen LogP contribution is -2.25. The van der Waals surface area contributed by atoms with Gasteiger partial charge in [-0.15, -0.1) is 0 Å². The van der Waals surface area contributed by atoms with Crippen LogP contribution < -0.4 is 5.32 Å². The van der Waals surface area contributed by atoms with Gasteiger partial charge in [0.15, 0.2) is 0 Å². The van der Waals surface area contributed by atoms with Gasteiger partial charge in [-0.25, -0.2) is 4.39 Å². The van der Waals surface area contributed by atoms with Gasteiger partial charge < -0.3 is 10.1 Å². The normalized spacial score (nSPS) is 9.10. The Morgan fingerprint density at radius 2 is 2.10 bits per heavy atom. The van der Waals surface area contributed by atoms with E-state index in [0.717, 1.165) is 19.3 Å². The number of rotatable bonds is 7. The summed E-state index contributed by atoms with van der Waals surface area (Å²) in [5.74, 6) is -0.529. The van der Waals surface area contributed by atoms with E-state index < -0.39 is 0 Å². The fourth-order valence-electron chi connectivity index (χ4n) is 1.58. The topological polar surface area (TPSA) is 55.4 Å². The van der Waals surface area contributed by atoms with Crippen LogP contribution in [0.1, 0.15) is 42.1 Å². The van der Waals surface area contributed by atoms with E-state index in [1.54, 1.807) is 0 Å². The van der Waals surface area contributed by atoms with Gasteiger partial charge in [0.25, 0.3) is 12.4 Å². The molecule has 1 aromatic rings. The van der Waals surface area contributed by atoms with E-state index in [9.17, 15) is 9.18 Å². The molecule has 0 radical (unpaired) electrons. The van der Waals surface area contributed by atoms with Crippen molar-refractivity contribution in [1.29, 1.82) is 0 Å². The van der Waals surface area contributed by atoms with Crippen LogP contribution in [-0.2, 0) is 9.53 Å². The van der Waals surface area contributed by atoms with Crippen LogP contribution in [0.15, 0.2) is 24.8 Å². The van der Waals surface area contributed by atoms with Crippen molar-refractivity contribution in [2.45, 2.75) is 26.2 Å². The Morgan fingerprint density at radius 3 is 2.62 bits per heavy atom. The fraction of sp³-hybridized carbons (Fsp3) is 0.375. The van der Waals surface area contributed by atoms with E-state index in [0.29, 0.717) is 24.1 Å². The maximum atomic E-state index is 13.0. The summed E-state index contributed by atoms with van der Waals surface area (Å²) in [7, 11) is 1.31. The third-order valence-corrected chi connectivity index (χ3v) is 2.64. The molecule has 0 atom stereocenters. The van der Waals surface area contributed by atoms with Crippen molar-refractivity contribution in [3.05, 3.63) is 41.7 Å². The Bertz CT molecular complexity index is 461. The van der Waals surface area contributed by atoms with Crippen molar-refractivity contribution in [3.8, 4) is 0 Å². The average molecular weight is 295 g/mol. The lowest BCUT2D eigenvalue weighted by Gasteiger charge is -2.07. The number of hydrogen-bond donors (Lipinski definition) is 1. The molecular formula is C16H22FNO3. The van der Waals surface area contributed by atoms with Gasteiger partial charge in [-0.3, -0.25) is 9.59 Å². The molecule has 0 fully saturated rings. The minimum Gasteiger partial charge on any atom is -0.471 e. The zero-order valence-corrected chi connectivity index (χ0v) is 12.5. The Kier molecular flexibility index (Phi) is 10.4. The summed E-state index contributed by atoms with van der Waals surface area (Å²) < 4.78 is 16.8. The summed E-state index contributed by atoms with van der Waals surface area (Å²) in [4.78, 5) is 20.8. The number of ether oxygens (including phenoxy) is 1. The van der Waals surface area contributed by atoms with Gasteiger partial charge in [0.05, 0.1) is 7.11 Å². The maximum Gasteiger partial charge on any atom is 0.292 e. The lowest BCUT2D eigenvalue weighted by atomic mass is 10.1. The molecular weight excluding hydrogens is 273 g/mol. The summed E-state index contributed by atoms with van der Waals surface area (Å²) in [6.45, 7) is 6.72. The molecule has 0 bridgehead atoms.